The summed E-state index contributed by atoms with van der Waals surface area (Å²) in [5.41, 5.74) is 10.3. The van der Waals surface area contributed by atoms with Gasteiger partial charge < -0.3 is 0 Å². The highest BCUT2D eigenvalue weighted by Gasteiger charge is 2.03. The number of benzene rings is 1. The molecule has 0 aliphatic carbocycles. The zero-order valence-corrected chi connectivity index (χ0v) is 10.1. The van der Waals surface area contributed by atoms with Crippen molar-refractivity contribution in [1.29, 1.82) is 0 Å². The lowest BCUT2D eigenvalue weighted by molar-refractivity contribution is 0.821. The molecule has 0 saturated heterocycles. The van der Waals surface area contributed by atoms with Crippen LogP contribution in [0, 0.1) is 0 Å². The lowest BCUT2D eigenvalue weighted by atomic mass is 10.2. The summed E-state index contributed by atoms with van der Waals surface area (Å²) < 4.78 is 0. The van der Waals surface area contributed by atoms with Crippen LogP contribution in [0.4, 0.5) is 0 Å². The fourth-order valence-electron chi connectivity index (χ4n) is 1.51. The van der Waals surface area contributed by atoms with Crippen LogP contribution >= 0.6 is 11.3 Å². The highest BCUT2D eigenvalue weighted by molar-refractivity contribution is 7.09. The number of thiazole rings is 1. The highest BCUT2D eigenvalue weighted by atomic mass is 32.1. The Morgan fingerprint density at radius 2 is 2.12 bits per heavy atom. The van der Waals surface area contributed by atoms with Gasteiger partial charge in [0.05, 0.1) is 10.7 Å². The third-order valence-electron chi connectivity index (χ3n) is 2.33. The molecule has 4 nitrogen and oxygen atoms in total. The number of hydrogen-bond donors (Lipinski definition) is 0. The number of rotatable bonds is 5. The third-order valence-corrected chi connectivity index (χ3v) is 3.24. The molecule has 2 aromatic rings. The molecule has 0 aliphatic heterocycles. The van der Waals surface area contributed by atoms with Crippen molar-refractivity contribution in [3.8, 4) is 11.3 Å². The topological polar surface area (TPSA) is 61.7 Å². The molecule has 0 fully saturated rings. The summed E-state index contributed by atoms with van der Waals surface area (Å²) in [6.45, 7) is 0.538. The molecule has 0 N–H and O–H groups in total. The van der Waals surface area contributed by atoms with Crippen LogP contribution in [-0.2, 0) is 6.42 Å². The van der Waals surface area contributed by atoms with E-state index in [1.165, 1.54) is 0 Å². The molecule has 86 valence electrons. The minimum atomic E-state index is 0.538. The molecule has 0 aliphatic rings. The number of aromatic nitrogens is 1. The predicted molar refractivity (Wildman–Crippen MR) is 69.9 cm³/mol. The van der Waals surface area contributed by atoms with Gasteiger partial charge in [0.2, 0.25) is 0 Å². The van der Waals surface area contributed by atoms with E-state index in [1.807, 2.05) is 18.2 Å². The van der Waals surface area contributed by atoms with Crippen LogP contribution in [0.15, 0.2) is 40.8 Å². The first-order valence-corrected chi connectivity index (χ1v) is 6.29. The second kappa shape index (κ2) is 6.03. The van der Waals surface area contributed by atoms with Crippen LogP contribution < -0.4 is 0 Å². The molecule has 1 aromatic heterocycles. The normalized spacial score (nSPS) is 9.88. The first kappa shape index (κ1) is 11.6. The van der Waals surface area contributed by atoms with Crippen molar-refractivity contribution in [1.82, 2.24) is 4.98 Å². The van der Waals surface area contributed by atoms with Gasteiger partial charge in [-0.15, -0.1) is 11.3 Å². The third kappa shape index (κ3) is 3.31. The van der Waals surface area contributed by atoms with Crippen LogP contribution in [0.2, 0.25) is 0 Å². The predicted octanol–water partition coefficient (Wildman–Crippen LogP) is 4.05. The summed E-state index contributed by atoms with van der Waals surface area (Å²) in [6.07, 6.45) is 1.72. The van der Waals surface area contributed by atoms with Crippen LogP contribution in [0.25, 0.3) is 21.7 Å². The van der Waals surface area contributed by atoms with Gasteiger partial charge in [-0.3, -0.25) is 0 Å². The Morgan fingerprint density at radius 3 is 2.88 bits per heavy atom. The molecule has 0 unspecified atom stereocenters. The molecule has 0 bridgehead atoms. The van der Waals surface area contributed by atoms with Crippen molar-refractivity contribution < 1.29 is 0 Å². The van der Waals surface area contributed by atoms with Crippen molar-refractivity contribution >= 4 is 11.3 Å². The molecule has 17 heavy (non-hydrogen) atoms. The van der Waals surface area contributed by atoms with Gasteiger partial charge in [0.25, 0.3) is 0 Å². The first-order valence-electron chi connectivity index (χ1n) is 5.41. The average molecular weight is 244 g/mol. The van der Waals surface area contributed by atoms with Crippen LogP contribution in [-0.4, -0.2) is 11.5 Å². The largest absolute Gasteiger partial charge is 0.241 e. The van der Waals surface area contributed by atoms with Crippen molar-refractivity contribution in [3.63, 3.8) is 0 Å². The van der Waals surface area contributed by atoms with E-state index in [-0.39, 0.29) is 0 Å². The molecule has 0 radical (unpaired) electrons. The molecule has 0 spiro atoms. The van der Waals surface area contributed by atoms with Crippen molar-refractivity contribution in [2.45, 2.75) is 12.8 Å². The maximum Gasteiger partial charge on any atom is 0.0932 e. The van der Waals surface area contributed by atoms with E-state index in [0.717, 1.165) is 29.1 Å². The van der Waals surface area contributed by atoms with Crippen LogP contribution in [0.5, 0.6) is 0 Å². The van der Waals surface area contributed by atoms with Gasteiger partial charge in [0.15, 0.2) is 0 Å². The zero-order chi connectivity index (χ0) is 11.9. The second-order valence-electron chi connectivity index (χ2n) is 3.55. The van der Waals surface area contributed by atoms with Gasteiger partial charge in [-0.05, 0) is 18.4 Å². The van der Waals surface area contributed by atoms with Crippen molar-refractivity contribution in [3.05, 3.63) is 51.2 Å². The average Bonchev–Trinajstić information content (AvgIpc) is 2.85. The lowest BCUT2D eigenvalue weighted by Gasteiger charge is -1.94. The summed E-state index contributed by atoms with van der Waals surface area (Å²) in [7, 11) is 0. The summed E-state index contributed by atoms with van der Waals surface area (Å²) >= 11 is 1.66. The Bertz CT molecular complexity index is 514. The van der Waals surface area contributed by atoms with Gasteiger partial charge in [0, 0.05) is 22.4 Å². The van der Waals surface area contributed by atoms with E-state index in [0.29, 0.717) is 6.54 Å². The molecule has 0 atom stereocenters. The first-order chi connectivity index (χ1) is 8.40. The monoisotopic (exact) mass is 244 g/mol. The quantitative estimate of drug-likeness (QED) is 0.338. The SMILES string of the molecule is [N-]=[N+]=NCCCc1nc(-c2ccccc2)cs1. The Balaban J connectivity index is 1.99. The van der Waals surface area contributed by atoms with Gasteiger partial charge in [-0.2, -0.15) is 0 Å². The summed E-state index contributed by atoms with van der Waals surface area (Å²) in [4.78, 5) is 7.29. The molecule has 1 heterocycles. The van der Waals surface area contributed by atoms with Gasteiger partial charge in [0.1, 0.15) is 0 Å². The lowest BCUT2D eigenvalue weighted by Crippen LogP contribution is -1.87. The molecule has 0 amide bonds. The highest BCUT2D eigenvalue weighted by Crippen LogP contribution is 2.22. The van der Waals surface area contributed by atoms with E-state index in [4.69, 9.17) is 5.53 Å². The molecule has 0 saturated carbocycles. The van der Waals surface area contributed by atoms with Gasteiger partial charge in [-0.1, -0.05) is 35.4 Å². The molecule has 5 heteroatoms. The number of aryl methyl sites for hydroxylation is 1. The Hall–Kier alpha value is -1.84. The van der Waals surface area contributed by atoms with Crippen LogP contribution in [0.1, 0.15) is 11.4 Å². The van der Waals surface area contributed by atoms with Crippen LogP contribution in [0.3, 0.4) is 0 Å². The number of azide groups is 1. The molecular formula is C12H12N4S. The minimum absolute atomic E-state index is 0.538. The molecule has 2 rings (SSSR count). The van der Waals surface area contributed by atoms with E-state index < -0.39 is 0 Å². The van der Waals surface area contributed by atoms with E-state index in [2.05, 4.69) is 32.5 Å². The fourth-order valence-corrected chi connectivity index (χ4v) is 2.36. The standard InChI is InChI=1S/C12H12N4S/c13-16-14-8-4-7-12-15-11(9-17-12)10-5-2-1-3-6-10/h1-3,5-6,9H,4,7-8H2. The van der Waals surface area contributed by atoms with Crippen molar-refractivity contribution in [2.75, 3.05) is 6.54 Å². The zero-order valence-electron chi connectivity index (χ0n) is 9.28. The minimum Gasteiger partial charge on any atom is -0.241 e. The summed E-state index contributed by atoms with van der Waals surface area (Å²) in [6, 6.07) is 10.1. The Labute approximate surface area is 104 Å². The van der Waals surface area contributed by atoms with Gasteiger partial charge >= 0.3 is 0 Å². The summed E-state index contributed by atoms with van der Waals surface area (Å²) in [5, 5.41) is 6.67. The smallest absolute Gasteiger partial charge is 0.0932 e. The van der Waals surface area contributed by atoms with Crippen molar-refractivity contribution in [2.24, 2.45) is 5.11 Å². The molecule has 1 aromatic carbocycles. The maximum atomic E-state index is 8.16. The van der Waals surface area contributed by atoms with E-state index in [1.54, 1.807) is 11.3 Å². The fraction of sp³-hybridized carbons (Fsp3) is 0.250. The molecular weight excluding hydrogens is 232 g/mol. The Kier molecular flexibility index (Phi) is 4.13. The number of hydrogen-bond acceptors (Lipinski definition) is 3. The second-order valence-corrected chi connectivity index (χ2v) is 4.49. The maximum absolute atomic E-state index is 8.16. The van der Waals surface area contributed by atoms with E-state index in [9.17, 15) is 0 Å². The Morgan fingerprint density at radius 1 is 1.29 bits per heavy atom. The van der Waals surface area contributed by atoms with Gasteiger partial charge in [-0.25, -0.2) is 4.98 Å². The van der Waals surface area contributed by atoms with E-state index >= 15 is 0 Å². The number of nitrogens with zero attached hydrogens (tertiary/aromatic N) is 4. The summed E-state index contributed by atoms with van der Waals surface area (Å²) in [5.74, 6) is 0.